The van der Waals surface area contributed by atoms with Crippen LogP contribution < -0.4 is 0 Å². The van der Waals surface area contributed by atoms with Crippen LogP contribution in [0, 0.1) is 0 Å². The van der Waals surface area contributed by atoms with Crippen molar-refractivity contribution in [2.24, 2.45) is 0 Å². The van der Waals surface area contributed by atoms with E-state index in [-0.39, 0.29) is 12.4 Å². The standard InChI is InChI=1S/C8H13FN4O2/c1-5(7(14)15)6-10-11-12-13(6)4-8(2,3)9/h5H,4H2,1-3H3,(H,14,15). The normalized spacial score (nSPS) is 13.9. The summed E-state index contributed by atoms with van der Waals surface area (Å²) in [5.41, 5.74) is -1.48. The number of halogens is 1. The first-order chi connectivity index (χ1) is 6.81. The highest BCUT2D eigenvalue weighted by atomic mass is 19.1. The van der Waals surface area contributed by atoms with Crippen molar-refractivity contribution in [1.82, 2.24) is 20.2 Å². The molecule has 7 heteroatoms. The smallest absolute Gasteiger partial charge is 0.314 e. The van der Waals surface area contributed by atoms with Crippen molar-refractivity contribution in [3.05, 3.63) is 5.82 Å². The molecule has 1 aromatic rings. The van der Waals surface area contributed by atoms with Gasteiger partial charge in [-0.05, 0) is 31.2 Å². The van der Waals surface area contributed by atoms with E-state index in [1.807, 2.05) is 0 Å². The lowest BCUT2D eigenvalue weighted by Gasteiger charge is -2.15. The maximum atomic E-state index is 13.3. The highest BCUT2D eigenvalue weighted by molar-refractivity contribution is 5.74. The van der Waals surface area contributed by atoms with Crippen LogP contribution >= 0.6 is 0 Å². The van der Waals surface area contributed by atoms with Crippen molar-refractivity contribution in [2.45, 2.75) is 38.9 Å². The number of nitrogens with zero attached hydrogens (tertiary/aromatic N) is 4. The molecule has 84 valence electrons. The van der Waals surface area contributed by atoms with Crippen LogP contribution in [0.4, 0.5) is 4.39 Å². The second-order valence-corrected chi connectivity index (χ2v) is 3.97. The molecule has 0 aromatic carbocycles. The largest absolute Gasteiger partial charge is 0.481 e. The van der Waals surface area contributed by atoms with Gasteiger partial charge in [0.2, 0.25) is 0 Å². The highest BCUT2D eigenvalue weighted by Gasteiger charge is 2.25. The Bertz CT molecular complexity index is 358. The Morgan fingerprint density at radius 3 is 2.73 bits per heavy atom. The van der Waals surface area contributed by atoms with Gasteiger partial charge in [0.1, 0.15) is 11.6 Å². The molecule has 0 saturated carbocycles. The number of aliphatic carboxylic acids is 1. The molecule has 0 saturated heterocycles. The van der Waals surface area contributed by atoms with Gasteiger partial charge >= 0.3 is 5.97 Å². The molecule has 0 radical (unpaired) electrons. The minimum Gasteiger partial charge on any atom is -0.481 e. The van der Waals surface area contributed by atoms with E-state index in [1.165, 1.54) is 25.5 Å². The van der Waals surface area contributed by atoms with Gasteiger partial charge in [0.05, 0.1) is 6.54 Å². The molecule has 1 heterocycles. The molecular formula is C8H13FN4O2. The molecule has 15 heavy (non-hydrogen) atoms. The first-order valence-electron chi connectivity index (χ1n) is 4.49. The van der Waals surface area contributed by atoms with E-state index in [0.29, 0.717) is 0 Å². The summed E-state index contributed by atoms with van der Waals surface area (Å²) >= 11 is 0. The molecule has 1 aromatic heterocycles. The quantitative estimate of drug-likeness (QED) is 0.797. The van der Waals surface area contributed by atoms with Gasteiger partial charge in [-0.3, -0.25) is 4.79 Å². The molecule has 0 aliphatic carbocycles. The number of carboxylic acids is 1. The maximum Gasteiger partial charge on any atom is 0.314 e. The molecule has 6 nitrogen and oxygen atoms in total. The van der Waals surface area contributed by atoms with Crippen molar-refractivity contribution < 1.29 is 14.3 Å². The van der Waals surface area contributed by atoms with Crippen molar-refractivity contribution in [3.63, 3.8) is 0 Å². The molecule has 0 aliphatic heterocycles. The highest BCUT2D eigenvalue weighted by Crippen LogP contribution is 2.16. The second-order valence-electron chi connectivity index (χ2n) is 3.97. The van der Waals surface area contributed by atoms with Gasteiger partial charge in [0.15, 0.2) is 5.82 Å². The number of tetrazole rings is 1. The van der Waals surface area contributed by atoms with Gasteiger partial charge in [-0.2, -0.15) is 0 Å². The fraction of sp³-hybridized carbons (Fsp3) is 0.750. The van der Waals surface area contributed by atoms with E-state index in [1.54, 1.807) is 0 Å². The van der Waals surface area contributed by atoms with Crippen molar-refractivity contribution in [3.8, 4) is 0 Å². The number of carboxylic acid groups (broad SMARTS) is 1. The topological polar surface area (TPSA) is 80.9 Å². The third kappa shape index (κ3) is 2.97. The summed E-state index contributed by atoms with van der Waals surface area (Å²) in [4.78, 5) is 10.7. The summed E-state index contributed by atoms with van der Waals surface area (Å²) in [7, 11) is 0. The number of alkyl halides is 1. The molecule has 0 amide bonds. The Morgan fingerprint density at radius 2 is 2.27 bits per heavy atom. The van der Waals surface area contributed by atoms with Crippen LogP contribution in [-0.2, 0) is 11.3 Å². The minimum atomic E-state index is -1.48. The lowest BCUT2D eigenvalue weighted by Crippen LogP contribution is -2.25. The Morgan fingerprint density at radius 1 is 1.67 bits per heavy atom. The average molecular weight is 216 g/mol. The Kier molecular flexibility index (Phi) is 3.01. The molecule has 1 rings (SSSR count). The van der Waals surface area contributed by atoms with Crippen LogP contribution in [0.2, 0.25) is 0 Å². The molecule has 0 aliphatic rings. The number of rotatable bonds is 4. The predicted octanol–water partition coefficient (Wildman–Crippen LogP) is 0.609. The first-order valence-corrected chi connectivity index (χ1v) is 4.49. The summed E-state index contributed by atoms with van der Waals surface area (Å²) in [5.74, 6) is -1.72. The second kappa shape index (κ2) is 3.92. The van der Waals surface area contributed by atoms with Crippen molar-refractivity contribution in [1.29, 1.82) is 0 Å². The molecule has 0 bridgehead atoms. The Hall–Kier alpha value is -1.53. The molecule has 1 N–H and O–H groups in total. The van der Waals surface area contributed by atoms with E-state index < -0.39 is 17.6 Å². The average Bonchev–Trinajstić information content (AvgIpc) is 2.47. The van der Waals surface area contributed by atoms with E-state index in [4.69, 9.17) is 5.11 Å². The number of carbonyl (C=O) groups is 1. The zero-order valence-corrected chi connectivity index (χ0v) is 8.81. The Labute approximate surface area is 86.1 Å². The van der Waals surface area contributed by atoms with Crippen LogP contribution in [-0.4, -0.2) is 37.0 Å². The van der Waals surface area contributed by atoms with Gasteiger partial charge in [0, 0.05) is 0 Å². The lowest BCUT2D eigenvalue weighted by molar-refractivity contribution is -0.138. The van der Waals surface area contributed by atoms with Crippen molar-refractivity contribution in [2.75, 3.05) is 0 Å². The van der Waals surface area contributed by atoms with Gasteiger partial charge < -0.3 is 5.11 Å². The summed E-state index contributed by atoms with van der Waals surface area (Å²) in [6.07, 6.45) is 0. The third-order valence-electron chi connectivity index (χ3n) is 1.84. The fourth-order valence-electron chi connectivity index (χ4n) is 1.10. The first kappa shape index (κ1) is 11.5. The van der Waals surface area contributed by atoms with Gasteiger partial charge in [-0.25, -0.2) is 9.07 Å². The minimum absolute atomic E-state index is 0.0625. The van der Waals surface area contributed by atoms with Crippen LogP contribution in [0.25, 0.3) is 0 Å². The summed E-state index contributed by atoms with van der Waals surface area (Å²) in [6, 6.07) is 0. The summed E-state index contributed by atoms with van der Waals surface area (Å²) < 4.78 is 14.5. The fourth-order valence-corrected chi connectivity index (χ4v) is 1.10. The zero-order chi connectivity index (χ0) is 11.6. The third-order valence-corrected chi connectivity index (χ3v) is 1.84. The number of hydrogen-bond acceptors (Lipinski definition) is 4. The van der Waals surface area contributed by atoms with Gasteiger partial charge in [0.25, 0.3) is 0 Å². The van der Waals surface area contributed by atoms with Crippen molar-refractivity contribution >= 4 is 5.97 Å². The zero-order valence-electron chi connectivity index (χ0n) is 8.81. The molecule has 0 spiro atoms. The molecule has 1 atom stereocenters. The maximum absolute atomic E-state index is 13.3. The predicted molar refractivity (Wildman–Crippen MR) is 49.1 cm³/mol. The Balaban J connectivity index is 2.92. The van der Waals surface area contributed by atoms with Crippen LogP contribution in [0.1, 0.15) is 32.5 Å². The van der Waals surface area contributed by atoms with Gasteiger partial charge in [-0.1, -0.05) is 0 Å². The van der Waals surface area contributed by atoms with E-state index in [9.17, 15) is 9.18 Å². The summed E-state index contributed by atoms with van der Waals surface area (Å²) in [5, 5.41) is 19.2. The van der Waals surface area contributed by atoms with E-state index in [2.05, 4.69) is 15.5 Å². The molecule has 0 fully saturated rings. The van der Waals surface area contributed by atoms with E-state index >= 15 is 0 Å². The SMILES string of the molecule is CC(C(=O)O)c1nnnn1CC(C)(C)F. The monoisotopic (exact) mass is 216 g/mol. The number of hydrogen-bond donors (Lipinski definition) is 1. The van der Waals surface area contributed by atoms with Crippen LogP contribution in [0.3, 0.4) is 0 Å². The lowest BCUT2D eigenvalue weighted by atomic mass is 10.1. The van der Waals surface area contributed by atoms with E-state index in [0.717, 1.165) is 0 Å². The molecule has 1 unspecified atom stereocenters. The number of aromatic nitrogens is 4. The van der Waals surface area contributed by atoms with Crippen LogP contribution in [0.5, 0.6) is 0 Å². The molecular weight excluding hydrogens is 203 g/mol. The van der Waals surface area contributed by atoms with Gasteiger partial charge in [-0.15, -0.1) is 5.10 Å². The summed E-state index contributed by atoms with van der Waals surface area (Å²) in [6.45, 7) is 4.15. The van der Waals surface area contributed by atoms with Crippen LogP contribution in [0.15, 0.2) is 0 Å².